The van der Waals surface area contributed by atoms with Gasteiger partial charge < -0.3 is 9.84 Å². The number of hydrogen-bond donors (Lipinski definition) is 1. The van der Waals surface area contributed by atoms with Gasteiger partial charge in [-0.25, -0.2) is 4.39 Å². The van der Waals surface area contributed by atoms with Gasteiger partial charge in [-0.2, -0.15) is 0 Å². The van der Waals surface area contributed by atoms with Crippen molar-refractivity contribution < 1.29 is 19.0 Å². The topological polar surface area (TPSA) is 49.8 Å². The van der Waals surface area contributed by atoms with Crippen molar-refractivity contribution in [1.82, 2.24) is 4.90 Å². The number of halogens is 2. The van der Waals surface area contributed by atoms with Crippen LogP contribution in [0, 0.1) is 5.82 Å². The van der Waals surface area contributed by atoms with Gasteiger partial charge in [0.15, 0.2) is 0 Å². The molecule has 1 aliphatic rings. The molecule has 0 atom stereocenters. The summed E-state index contributed by atoms with van der Waals surface area (Å²) in [5.74, 6) is -1.07. The average Bonchev–Trinajstić information content (AvgIpc) is 2.44. The number of carbonyl (C=O) groups is 1. The normalized spacial score (nSPS) is 17.0. The highest BCUT2D eigenvalue weighted by Gasteiger charge is 2.20. The molecule has 0 bridgehead atoms. The minimum Gasteiger partial charge on any atom is -0.481 e. The van der Waals surface area contributed by atoms with Crippen LogP contribution in [0.25, 0.3) is 0 Å². The first-order chi connectivity index (χ1) is 10.0. The van der Waals surface area contributed by atoms with Crippen molar-refractivity contribution >= 4 is 21.9 Å². The Morgan fingerprint density at radius 2 is 2.14 bits per heavy atom. The van der Waals surface area contributed by atoms with Crippen LogP contribution < -0.4 is 0 Å². The second-order valence-electron chi connectivity index (χ2n) is 5.24. The van der Waals surface area contributed by atoms with E-state index in [1.165, 1.54) is 6.07 Å². The van der Waals surface area contributed by atoms with Gasteiger partial charge in [0.1, 0.15) is 5.82 Å². The van der Waals surface area contributed by atoms with Crippen LogP contribution in [0.4, 0.5) is 4.39 Å². The zero-order valence-corrected chi connectivity index (χ0v) is 13.3. The first-order valence-corrected chi connectivity index (χ1v) is 7.83. The molecule has 0 radical (unpaired) electrons. The van der Waals surface area contributed by atoms with Gasteiger partial charge in [-0.1, -0.05) is 6.07 Å². The van der Waals surface area contributed by atoms with E-state index in [1.807, 2.05) is 6.07 Å². The van der Waals surface area contributed by atoms with Crippen molar-refractivity contribution in [2.24, 2.45) is 0 Å². The molecule has 4 nitrogen and oxygen atoms in total. The molecular formula is C15H19BrFNO3. The number of hydrogen-bond acceptors (Lipinski definition) is 3. The molecule has 0 saturated carbocycles. The maximum atomic E-state index is 13.2. The van der Waals surface area contributed by atoms with E-state index >= 15 is 0 Å². The lowest BCUT2D eigenvalue weighted by molar-refractivity contribution is -0.138. The fraction of sp³-hybridized carbons (Fsp3) is 0.533. The van der Waals surface area contributed by atoms with E-state index in [0.29, 0.717) is 4.47 Å². The summed E-state index contributed by atoms with van der Waals surface area (Å²) in [5, 5.41) is 8.57. The van der Waals surface area contributed by atoms with E-state index in [1.54, 1.807) is 6.07 Å². The lowest BCUT2D eigenvalue weighted by Crippen LogP contribution is -2.36. The summed E-state index contributed by atoms with van der Waals surface area (Å²) in [6.45, 7) is 2.89. The van der Waals surface area contributed by atoms with Gasteiger partial charge in [-0.3, -0.25) is 9.69 Å². The molecule has 116 valence electrons. The number of carboxylic acid groups (broad SMARTS) is 1. The Labute approximate surface area is 132 Å². The fourth-order valence-corrected chi connectivity index (χ4v) is 2.87. The van der Waals surface area contributed by atoms with Gasteiger partial charge in [0.2, 0.25) is 0 Å². The minimum atomic E-state index is -0.825. The monoisotopic (exact) mass is 359 g/mol. The molecule has 21 heavy (non-hydrogen) atoms. The molecule has 1 saturated heterocycles. The molecule has 1 aromatic carbocycles. The van der Waals surface area contributed by atoms with Crippen LogP contribution in [0.15, 0.2) is 22.7 Å². The zero-order chi connectivity index (χ0) is 15.2. The number of benzene rings is 1. The van der Waals surface area contributed by atoms with Gasteiger partial charge in [0.25, 0.3) is 0 Å². The number of aliphatic carboxylic acids is 1. The van der Waals surface area contributed by atoms with Gasteiger partial charge in [0.05, 0.1) is 23.6 Å². The van der Waals surface area contributed by atoms with Gasteiger partial charge in [0, 0.05) is 19.6 Å². The molecule has 2 rings (SSSR count). The highest BCUT2D eigenvalue weighted by molar-refractivity contribution is 9.10. The van der Waals surface area contributed by atoms with Crippen LogP contribution in [0.5, 0.6) is 0 Å². The molecule has 0 unspecified atom stereocenters. The van der Waals surface area contributed by atoms with Crippen LogP contribution in [-0.2, 0) is 16.1 Å². The molecule has 0 spiro atoms. The Balaban J connectivity index is 1.73. The van der Waals surface area contributed by atoms with E-state index in [4.69, 9.17) is 9.84 Å². The van der Waals surface area contributed by atoms with Crippen LogP contribution in [0.3, 0.4) is 0 Å². The summed E-state index contributed by atoms with van der Waals surface area (Å²) in [7, 11) is 0. The standard InChI is InChI=1S/C15H19BrFNO3/c16-13-9-11(1-2-14(13)17)10-18-6-3-12(4-7-18)21-8-5-15(19)20/h1-2,9,12H,3-8,10H2,(H,19,20). The first kappa shape index (κ1) is 16.4. The number of ether oxygens (including phenoxy) is 1. The van der Waals surface area contributed by atoms with Crippen molar-refractivity contribution in [3.63, 3.8) is 0 Å². The van der Waals surface area contributed by atoms with E-state index in [2.05, 4.69) is 20.8 Å². The molecule has 1 N–H and O–H groups in total. The molecule has 1 heterocycles. The van der Waals surface area contributed by atoms with Crippen LogP contribution in [0.2, 0.25) is 0 Å². The minimum absolute atomic E-state index is 0.0593. The predicted molar refractivity (Wildman–Crippen MR) is 80.6 cm³/mol. The zero-order valence-electron chi connectivity index (χ0n) is 11.7. The predicted octanol–water partition coefficient (Wildman–Crippen LogP) is 3.04. The molecule has 1 fully saturated rings. The number of carboxylic acids is 1. The maximum Gasteiger partial charge on any atom is 0.305 e. The number of rotatable bonds is 6. The maximum absolute atomic E-state index is 13.2. The summed E-state index contributed by atoms with van der Waals surface area (Å²) < 4.78 is 19.2. The van der Waals surface area contributed by atoms with Crippen LogP contribution in [-0.4, -0.2) is 41.8 Å². The Bertz CT molecular complexity index is 490. The van der Waals surface area contributed by atoms with Crippen LogP contribution in [0.1, 0.15) is 24.8 Å². The molecule has 6 heteroatoms. The van der Waals surface area contributed by atoms with Crippen molar-refractivity contribution in [2.75, 3.05) is 19.7 Å². The number of nitrogens with zero attached hydrogens (tertiary/aromatic N) is 1. The van der Waals surface area contributed by atoms with E-state index < -0.39 is 5.97 Å². The van der Waals surface area contributed by atoms with Gasteiger partial charge in [-0.15, -0.1) is 0 Å². The average molecular weight is 360 g/mol. The van der Waals surface area contributed by atoms with E-state index in [0.717, 1.165) is 38.0 Å². The lowest BCUT2D eigenvalue weighted by atomic mass is 10.1. The Morgan fingerprint density at radius 1 is 1.43 bits per heavy atom. The highest BCUT2D eigenvalue weighted by atomic mass is 79.9. The Kier molecular flexibility index (Phi) is 6.14. The summed E-state index contributed by atoms with van der Waals surface area (Å²) in [4.78, 5) is 12.7. The summed E-state index contributed by atoms with van der Waals surface area (Å²) in [6, 6.07) is 5.08. The molecule has 0 aromatic heterocycles. The molecule has 1 aliphatic heterocycles. The summed E-state index contributed by atoms with van der Waals surface area (Å²) in [6.07, 6.45) is 2.02. The quantitative estimate of drug-likeness (QED) is 0.847. The van der Waals surface area contributed by atoms with E-state index in [9.17, 15) is 9.18 Å². The second kappa shape index (κ2) is 7.87. The molecule has 1 aromatic rings. The summed E-state index contributed by atoms with van der Waals surface area (Å²) in [5.41, 5.74) is 1.08. The second-order valence-corrected chi connectivity index (χ2v) is 6.09. The highest BCUT2D eigenvalue weighted by Crippen LogP contribution is 2.20. The third-order valence-corrected chi connectivity index (χ3v) is 4.20. The molecule has 0 amide bonds. The SMILES string of the molecule is O=C(O)CCOC1CCN(Cc2ccc(F)c(Br)c2)CC1. The van der Waals surface area contributed by atoms with Gasteiger partial charge in [-0.05, 0) is 46.5 Å². The van der Waals surface area contributed by atoms with Gasteiger partial charge >= 0.3 is 5.97 Å². The van der Waals surface area contributed by atoms with Crippen molar-refractivity contribution in [3.8, 4) is 0 Å². The first-order valence-electron chi connectivity index (χ1n) is 7.04. The van der Waals surface area contributed by atoms with Crippen LogP contribution >= 0.6 is 15.9 Å². The fourth-order valence-electron chi connectivity index (χ4n) is 2.44. The molecular weight excluding hydrogens is 341 g/mol. The lowest BCUT2D eigenvalue weighted by Gasteiger charge is -2.31. The van der Waals surface area contributed by atoms with E-state index in [-0.39, 0.29) is 24.9 Å². The van der Waals surface area contributed by atoms with Crippen molar-refractivity contribution in [2.45, 2.75) is 31.9 Å². The third-order valence-electron chi connectivity index (χ3n) is 3.59. The number of piperidine rings is 1. The molecule has 0 aliphatic carbocycles. The smallest absolute Gasteiger partial charge is 0.305 e. The number of likely N-dealkylation sites (tertiary alicyclic amines) is 1. The largest absolute Gasteiger partial charge is 0.481 e. The third kappa shape index (κ3) is 5.37. The summed E-state index contributed by atoms with van der Waals surface area (Å²) >= 11 is 3.20. The van der Waals surface area contributed by atoms with Crippen molar-refractivity contribution in [3.05, 3.63) is 34.1 Å². The Morgan fingerprint density at radius 3 is 2.76 bits per heavy atom. The Hall–Kier alpha value is -0.980. The van der Waals surface area contributed by atoms with Crippen molar-refractivity contribution in [1.29, 1.82) is 0 Å².